The van der Waals surface area contributed by atoms with Crippen LogP contribution < -0.4 is 0 Å². The van der Waals surface area contributed by atoms with Crippen LogP contribution in [0.2, 0.25) is 0 Å². The molecule has 408 valence electrons. The van der Waals surface area contributed by atoms with Crippen LogP contribution in [0.1, 0.15) is 323 Å². The second-order valence-corrected chi connectivity index (χ2v) is 20.6. The Hall–Kier alpha value is -2.63. The van der Waals surface area contributed by atoms with Gasteiger partial charge in [-0.2, -0.15) is 0 Å². The Morgan fingerprint density at radius 3 is 0.814 bits per heavy atom. The maximum absolute atomic E-state index is 12.8. The monoisotopic (exact) mass is 981 g/mol. The van der Waals surface area contributed by atoms with Gasteiger partial charge < -0.3 is 14.2 Å². The van der Waals surface area contributed by atoms with Crippen molar-refractivity contribution in [1.82, 2.24) is 0 Å². The van der Waals surface area contributed by atoms with Gasteiger partial charge in [0.25, 0.3) is 0 Å². The molecule has 0 aromatic rings. The minimum Gasteiger partial charge on any atom is -0.462 e. The zero-order valence-electron chi connectivity index (χ0n) is 46.8. The second kappa shape index (κ2) is 58.9. The van der Waals surface area contributed by atoms with Gasteiger partial charge in [-0.3, -0.25) is 14.4 Å². The number of hydrogen-bond acceptors (Lipinski definition) is 6. The molecular formula is C64H116O6. The molecule has 0 aliphatic rings. The van der Waals surface area contributed by atoms with Crippen molar-refractivity contribution in [2.75, 3.05) is 13.2 Å². The molecule has 6 nitrogen and oxygen atoms in total. The third-order valence-electron chi connectivity index (χ3n) is 13.6. The van der Waals surface area contributed by atoms with Gasteiger partial charge in [0.15, 0.2) is 6.10 Å². The highest BCUT2D eigenvalue weighted by Gasteiger charge is 2.19. The van der Waals surface area contributed by atoms with Crippen molar-refractivity contribution in [2.24, 2.45) is 0 Å². The van der Waals surface area contributed by atoms with E-state index in [2.05, 4.69) is 69.4 Å². The molecule has 0 fully saturated rings. The number of unbranched alkanes of at least 4 members (excludes halogenated alkanes) is 37. The summed E-state index contributed by atoms with van der Waals surface area (Å²) in [6.45, 7) is 6.62. The minimum absolute atomic E-state index is 0.0733. The summed E-state index contributed by atoms with van der Waals surface area (Å²) in [5, 5.41) is 0. The Morgan fingerprint density at radius 2 is 0.514 bits per heavy atom. The molecule has 0 spiro atoms. The minimum atomic E-state index is -0.773. The molecule has 0 N–H and O–H groups in total. The fourth-order valence-electron chi connectivity index (χ4n) is 8.92. The van der Waals surface area contributed by atoms with Crippen LogP contribution in [0.4, 0.5) is 0 Å². The Bertz CT molecular complexity index is 1220. The van der Waals surface area contributed by atoms with Gasteiger partial charge in [0.1, 0.15) is 13.2 Å². The first kappa shape index (κ1) is 67.4. The van der Waals surface area contributed by atoms with Crippen LogP contribution in [0, 0.1) is 0 Å². The van der Waals surface area contributed by atoms with Crippen molar-refractivity contribution in [3.8, 4) is 0 Å². The first-order valence-electron chi connectivity index (χ1n) is 30.6. The number of hydrogen-bond donors (Lipinski definition) is 0. The van der Waals surface area contributed by atoms with Gasteiger partial charge in [-0.1, -0.05) is 268 Å². The van der Waals surface area contributed by atoms with E-state index in [4.69, 9.17) is 14.2 Å². The number of carbonyl (C=O) groups excluding carboxylic acids is 3. The summed E-state index contributed by atoms with van der Waals surface area (Å²) in [5.41, 5.74) is 0. The van der Waals surface area contributed by atoms with Gasteiger partial charge in [-0.25, -0.2) is 0 Å². The molecule has 0 aliphatic carbocycles. The lowest BCUT2D eigenvalue weighted by molar-refractivity contribution is -0.167. The van der Waals surface area contributed by atoms with Crippen molar-refractivity contribution in [1.29, 1.82) is 0 Å². The normalized spacial score (nSPS) is 12.3. The molecule has 0 aromatic carbocycles. The Morgan fingerprint density at radius 1 is 0.286 bits per heavy atom. The molecule has 0 aliphatic heterocycles. The molecule has 0 heterocycles. The van der Waals surface area contributed by atoms with Gasteiger partial charge in [0.05, 0.1) is 0 Å². The van der Waals surface area contributed by atoms with E-state index in [9.17, 15) is 14.4 Å². The van der Waals surface area contributed by atoms with Crippen LogP contribution in [0.25, 0.3) is 0 Å². The third kappa shape index (κ3) is 56.3. The van der Waals surface area contributed by atoms with Crippen LogP contribution in [0.15, 0.2) is 48.6 Å². The van der Waals surface area contributed by atoms with E-state index >= 15 is 0 Å². The maximum Gasteiger partial charge on any atom is 0.306 e. The highest BCUT2D eigenvalue weighted by atomic mass is 16.6. The quantitative estimate of drug-likeness (QED) is 0.0261. The summed E-state index contributed by atoms with van der Waals surface area (Å²) >= 11 is 0. The van der Waals surface area contributed by atoms with Crippen molar-refractivity contribution in [3.63, 3.8) is 0 Å². The lowest BCUT2D eigenvalue weighted by atomic mass is 10.0. The number of allylic oxidation sites excluding steroid dienone is 8. The van der Waals surface area contributed by atoms with Gasteiger partial charge >= 0.3 is 17.9 Å². The smallest absolute Gasteiger partial charge is 0.306 e. The second-order valence-electron chi connectivity index (χ2n) is 20.6. The van der Waals surface area contributed by atoms with E-state index in [1.54, 1.807) is 0 Å². The summed E-state index contributed by atoms with van der Waals surface area (Å²) < 4.78 is 16.8. The van der Waals surface area contributed by atoms with Gasteiger partial charge in [-0.15, -0.1) is 0 Å². The number of carbonyl (C=O) groups is 3. The summed E-state index contributed by atoms with van der Waals surface area (Å²) in [4.78, 5) is 38.0. The van der Waals surface area contributed by atoms with Gasteiger partial charge in [0, 0.05) is 19.3 Å². The van der Waals surface area contributed by atoms with Crippen molar-refractivity contribution < 1.29 is 28.6 Å². The molecule has 6 heteroatoms. The Kier molecular flexibility index (Phi) is 56.7. The molecule has 1 unspecified atom stereocenters. The van der Waals surface area contributed by atoms with E-state index in [0.717, 1.165) is 77.0 Å². The van der Waals surface area contributed by atoms with E-state index in [1.807, 2.05) is 0 Å². The molecular weight excluding hydrogens is 865 g/mol. The Balaban J connectivity index is 4.10. The lowest BCUT2D eigenvalue weighted by Crippen LogP contribution is -2.30. The summed E-state index contributed by atoms with van der Waals surface area (Å²) in [7, 11) is 0. The number of ether oxygens (including phenoxy) is 3. The zero-order chi connectivity index (χ0) is 50.7. The molecule has 70 heavy (non-hydrogen) atoms. The molecule has 1 atom stereocenters. The lowest BCUT2D eigenvalue weighted by Gasteiger charge is -2.18. The van der Waals surface area contributed by atoms with Crippen LogP contribution >= 0.6 is 0 Å². The van der Waals surface area contributed by atoms with Crippen molar-refractivity contribution in [2.45, 2.75) is 329 Å². The highest BCUT2D eigenvalue weighted by Crippen LogP contribution is 2.16. The van der Waals surface area contributed by atoms with Crippen LogP contribution in [0.5, 0.6) is 0 Å². The SMILES string of the molecule is CCCCCCC/C=C\C/C=C\C/C=C\CCCCCCCCCCCCCCCCC(=O)OCC(COC(=O)CCCCCCCCCC)OC(=O)CCCCCCC/C=C\CCCCCCCC. The highest BCUT2D eigenvalue weighted by molar-refractivity contribution is 5.71. The van der Waals surface area contributed by atoms with E-state index in [1.165, 1.54) is 205 Å². The summed E-state index contributed by atoms with van der Waals surface area (Å²) in [5.74, 6) is -0.873. The summed E-state index contributed by atoms with van der Waals surface area (Å²) in [6.07, 6.45) is 72.8. The van der Waals surface area contributed by atoms with Crippen molar-refractivity contribution in [3.05, 3.63) is 48.6 Å². The van der Waals surface area contributed by atoms with E-state index in [-0.39, 0.29) is 31.1 Å². The van der Waals surface area contributed by atoms with Crippen molar-refractivity contribution >= 4 is 17.9 Å². The number of esters is 3. The summed E-state index contributed by atoms with van der Waals surface area (Å²) in [6, 6.07) is 0. The van der Waals surface area contributed by atoms with Crippen LogP contribution in [-0.2, 0) is 28.6 Å². The zero-order valence-corrected chi connectivity index (χ0v) is 46.8. The molecule has 0 amide bonds. The molecule has 0 saturated heterocycles. The first-order chi connectivity index (χ1) is 34.5. The van der Waals surface area contributed by atoms with Crippen LogP contribution in [0.3, 0.4) is 0 Å². The maximum atomic E-state index is 12.8. The average Bonchev–Trinajstić information content (AvgIpc) is 3.36. The molecule has 0 saturated carbocycles. The molecule has 0 aromatic heterocycles. The van der Waals surface area contributed by atoms with E-state index < -0.39 is 6.10 Å². The van der Waals surface area contributed by atoms with Gasteiger partial charge in [0.2, 0.25) is 0 Å². The number of rotatable bonds is 56. The third-order valence-corrected chi connectivity index (χ3v) is 13.6. The molecule has 0 bridgehead atoms. The first-order valence-corrected chi connectivity index (χ1v) is 30.6. The van der Waals surface area contributed by atoms with Gasteiger partial charge in [-0.05, 0) is 83.5 Å². The Labute approximate surface area is 435 Å². The fourth-order valence-corrected chi connectivity index (χ4v) is 8.92. The van der Waals surface area contributed by atoms with Crippen LogP contribution in [-0.4, -0.2) is 37.2 Å². The standard InChI is InChI=1S/C64H116O6/c1-4-7-10-13-16-19-21-23-25-26-27-28-29-30-31-32-33-34-35-36-37-38-40-41-43-45-48-51-54-57-63(66)69-60-61(59-68-62(65)56-53-50-47-18-15-12-9-6-3)70-64(67)58-55-52-49-46-44-42-39-24-22-20-17-14-11-8-5-2/h21,23-24,26-27,29-30,39,61H,4-20,22,25,28,31-38,40-60H2,1-3H3/b23-21-,27-26-,30-29-,39-24-. The fraction of sp³-hybridized carbons (Fsp3) is 0.828. The topological polar surface area (TPSA) is 78.9 Å². The molecule has 0 radical (unpaired) electrons. The average molecular weight is 982 g/mol. The predicted octanol–water partition coefficient (Wildman–Crippen LogP) is 20.6. The molecule has 0 rings (SSSR count). The predicted molar refractivity (Wildman–Crippen MR) is 302 cm³/mol. The van der Waals surface area contributed by atoms with E-state index in [0.29, 0.717) is 19.3 Å². The largest absolute Gasteiger partial charge is 0.462 e.